The summed E-state index contributed by atoms with van der Waals surface area (Å²) in [6.45, 7) is 9.34. The van der Waals surface area contributed by atoms with E-state index in [0.29, 0.717) is 11.1 Å². The van der Waals surface area contributed by atoms with Crippen molar-refractivity contribution < 1.29 is 9.59 Å². The predicted octanol–water partition coefficient (Wildman–Crippen LogP) is 5.35. The number of nitrogens with two attached hydrogens (primary N) is 1. The second kappa shape index (κ2) is 12.5. The number of halogens is 3. The molecular formula is C20H25Cl3N2O2. The summed E-state index contributed by atoms with van der Waals surface area (Å²) in [6, 6.07) is 16.0. The van der Waals surface area contributed by atoms with Gasteiger partial charge in [0.05, 0.1) is 5.54 Å². The number of nitrogens with zero attached hydrogens (tertiary/aromatic N) is 1. The Morgan fingerprint density at radius 2 is 1.52 bits per heavy atom. The minimum atomic E-state index is -0.407. The van der Waals surface area contributed by atoms with Gasteiger partial charge in [-0.1, -0.05) is 55.1 Å². The summed E-state index contributed by atoms with van der Waals surface area (Å²) in [4.78, 5) is 22.4. The molecule has 0 unspecified atom stereocenters. The van der Waals surface area contributed by atoms with Crippen LogP contribution in [0.1, 0.15) is 47.1 Å². The first-order valence-electron chi connectivity index (χ1n) is 7.73. The summed E-state index contributed by atoms with van der Waals surface area (Å²) >= 11 is 5.16. The lowest BCUT2D eigenvalue weighted by atomic mass is 10.1. The van der Waals surface area contributed by atoms with E-state index >= 15 is 0 Å². The van der Waals surface area contributed by atoms with Crippen molar-refractivity contribution >= 4 is 53.6 Å². The average molecular weight is 432 g/mol. The number of hydrogen-bond donors (Lipinski definition) is 1. The summed E-state index contributed by atoms with van der Waals surface area (Å²) < 4.78 is 0. The van der Waals surface area contributed by atoms with Crippen molar-refractivity contribution in [1.29, 1.82) is 0 Å². The maximum absolute atomic E-state index is 12.0. The molecule has 0 aliphatic heterocycles. The molecule has 0 atom stereocenters. The fourth-order valence-electron chi connectivity index (χ4n) is 1.81. The van der Waals surface area contributed by atoms with E-state index in [2.05, 4.69) is 6.58 Å². The van der Waals surface area contributed by atoms with E-state index in [0.717, 1.165) is 5.56 Å². The highest BCUT2D eigenvalue weighted by molar-refractivity contribution is 6.67. The van der Waals surface area contributed by atoms with Gasteiger partial charge in [0.25, 0.3) is 11.1 Å². The predicted molar refractivity (Wildman–Crippen MR) is 118 cm³/mol. The Labute approximate surface area is 178 Å². The Balaban J connectivity index is 0. The molecular weight excluding hydrogens is 407 g/mol. The molecule has 1 amide bonds. The molecule has 4 nitrogen and oxygen atoms in total. The van der Waals surface area contributed by atoms with Gasteiger partial charge >= 0.3 is 0 Å². The maximum Gasteiger partial charge on any atom is 0.268 e. The number of carbonyl (C=O) groups excluding carboxylic acids is 2. The molecule has 0 radical (unpaired) electrons. The maximum atomic E-state index is 12.0. The molecule has 27 heavy (non-hydrogen) atoms. The lowest BCUT2D eigenvalue weighted by Gasteiger charge is -2.31. The van der Waals surface area contributed by atoms with Gasteiger partial charge in [0.15, 0.2) is 0 Å². The van der Waals surface area contributed by atoms with Crippen LogP contribution in [0.25, 0.3) is 6.08 Å². The van der Waals surface area contributed by atoms with Gasteiger partial charge in [-0.05, 0) is 50.1 Å². The average Bonchev–Trinajstić information content (AvgIpc) is 2.61. The van der Waals surface area contributed by atoms with Crippen molar-refractivity contribution in [3.8, 4) is 0 Å². The van der Waals surface area contributed by atoms with Gasteiger partial charge in [-0.3, -0.25) is 14.6 Å². The molecule has 0 saturated carbocycles. The van der Waals surface area contributed by atoms with Crippen molar-refractivity contribution in [2.24, 2.45) is 5.84 Å². The molecule has 2 N–H and O–H groups in total. The Morgan fingerprint density at radius 3 is 1.93 bits per heavy atom. The zero-order chi connectivity index (χ0) is 19.0. The highest BCUT2D eigenvalue weighted by Gasteiger charge is 2.24. The lowest BCUT2D eigenvalue weighted by Crippen LogP contribution is -2.50. The molecule has 0 aliphatic carbocycles. The van der Waals surface area contributed by atoms with Crippen LogP contribution in [0.15, 0.2) is 61.2 Å². The van der Waals surface area contributed by atoms with Crippen molar-refractivity contribution in [3.63, 3.8) is 0 Å². The van der Waals surface area contributed by atoms with Gasteiger partial charge in [-0.25, -0.2) is 5.84 Å². The van der Waals surface area contributed by atoms with Crippen LogP contribution in [0.5, 0.6) is 0 Å². The first-order valence-corrected chi connectivity index (χ1v) is 8.11. The molecule has 0 aliphatic rings. The molecule has 2 rings (SSSR count). The van der Waals surface area contributed by atoms with Crippen LogP contribution in [0.2, 0.25) is 0 Å². The van der Waals surface area contributed by atoms with E-state index in [4.69, 9.17) is 17.4 Å². The number of carbonyl (C=O) groups is 2. The monoisotopic (exact) mass is 430 g/mol. The van der Waals surface area contributed by atoms with E-state index in [1.807, 2.05) is 39.0 Å². The molecule has 2 aromatic rings. The van der Waals surface area contributed by atoms with Gasteiger partial charge in [0.2, 0.25) is 0 Å². The van der Waals surface area contributed by atoms with Crippen LogP contribution < -0.4 is 5.84 Å². The molecule has 0 aromatic heterocycles. The molecule has 0 heterocycles. The second-order valence-corrected chi connectivity index (χ2v) is 6.66. The van der Waals surface area contributed by atoms with Crippen LogP contribution in [-0.4, -0.2) is 21.7 Å². The molecule has 7 heteroatoms. The zero-order valence-electron chi connectivity index (χ0n) is 15.5. The van der Waals surface area contributed by atoms with Crippen LogP contribution >= 0.6 is 36.4 Å². The van der Waals surface area contributed by atoms with Crippen LogP contribution in [0, 0.1) is 0 Å². The molecule has 2 aromatic carbocycles. The second-order valence-electron chi connectivity index (χ2n) is 6.32. The number of amides is 1. The van der Waals surface area contributed by atoms with E-state index < -0.39 is 5.24 Å². The number of hydrogen-bond acceptors (Lipinski definition) is 3. The number of hydrazine groups is 1. The first kappa shape index (κ1) is 27.4. The molecule has 0 bridgehead atoms. The minimum absolute atomic E-state index is 0. The van der Waals surface area contributed by atoms with Gasteiger partial charge in [-0.2, -0.15) is 0 Å². The van der Waals surface area contributed by atoms with Crippen LogP contribution in [-0.2, 0) is 0 Å². The largest absolute Gasteiger partial charge is 0.276 e. The number of rotatable bonds is 3. The van der Waals surface area contributed by atoms with Gasteiger partial charge in [-0.15, -0.1) is 24.8 Å². The molecule has 0 fully saturated rings. The Bertz CT molecular complexity index is 744. The van der Waals surface area contributed by atoms with Crippen molar-refractivity contribution in [1.82, 2.24) is 5.01 Å². The van der Waals surface area contributed by atoms with Gasteiger partial charge in [0.1, 0.15) is 0 Å². The lowest BCUT2D eigenvalue weighted by molar-refractivity contribution is 0.0581. The zero-order valence-corrected chi connectivity index (χ0v) is 17.9. The summed E-state index contributed by atoms with van der Waals surface area (Å²) in [5, 5.41) is 0.838. The van der Waals surface area contributed by atoms with Crippen molar-refractivity contribution in [3.05, 3.63) is 77.9 Å². The third kappa shape index (κ3) is 9.07. The van der Waals surface area contributed by atoms with Crippen LogP contribution in [0.4, 0.5) is 0 Å². The van der Waals surface area contributed by atoms with Crippen molar-refractivity contribution in [2.45, 2.75) is 26.3 Å². The summed E-state index contributed by atoms with van der Waals surface area (Å²) in [7, 11) is 0. The fourth-order valence-corrected chi connectivity index (χ4v) is 1.94. The Kier molecular flexibility index (Phi) is 12.7. The van der Waals surface area contributed by atoms with Gasteiger partial charge < -0.3 is 0 Å². The van der Waals surface area contributed by atoms with E-state index in [1.54, 1.807) is 42.5 Å². The fraction of sp³-hybridized carbons (Fsp3) is 0.200. The Morgan fingerprint density at radius 1 is 1.00 bits per heavy atom. The molecule has 0 saturated heterocycles. The van der Waals surface area contributed by atoms with E-state index in [-0.39, 0.29) is 36.3 Å². The summed E-state index contributed by atoms with van der Waals surface area (Å²) in [6.07, 6.45) is 1.70. The molecule has 148 valence electrons. The first-order chi connectivity index (χ1) is 11.7. The SMILES string of the molecule is C=Cc1cccc(C(=O)N(N)C(C)(C)C)c1.Cl.Cl.O=C(Cl)c1ccccc1. The smallest absolute Gasteiger partial charge is 0.268 e. The topological polar surface area (TPSA) is 63.4 Å². The minimum Gasteiger partial charge on any atom is -0.276 e. The quantitative estimate of drug-likeness (QED) is 0.308. The highest BCUT2D eigenvalue weighted by atomic mass is 35.5. The highest BCUT2D eigenvalue weighted by Crippen LogP contribution is 2.14. The van der Waals surface area contributed by atoms with Gasteiger partial charge in [0, 0.05) is 11.1 Å². The number of benzene rings is 2. The molecule has 0 spiro atoms. The summed E-state index contributed by atoms with van der Waals surface area (Å²) in [5.41, 5.74) is 1.64. The standard InChI is InChI=1S/C13H18N2O.C7H5ClO.2ClH/c1-5-10-7-6-8-11(9-10)12(16)15(14)13(2,3)4;8-7(9)6-4-2-1-3-5-6;;/h5-9H,1,14H2,2-4H3;1-5H;2*1H. The third-order valence-corrected chi connectivity index (χ3v) is 3.53. The van der Waals surface area contributed by atoms with Crippen molar-refractivity contribution in [2.75, 3.05) is 0 Å². The summed E-state index contributed by atoms with van der Waals surface area (Å²) in [5.74, 6) is 5.59. The normalized spacial score (nSPS) is 9.52. The third-order valence-electron chi connectivity index (χ3n) is 3.31. The Hall–Kier alpha value is -1.85. The van der Waals surface area contributed by atoms with Crippen LogP contribution in [0.3, 0.4) is 0 Å². The van der Waals surface area contributed by atoms with E-state index in [1.165, 1.54) is 5.01 Å². The van der Waals surface area contributed by atoms with E-state index in [9.17, 15) is 9.59 Å².